The summed E-state index contributed by atoms with van der Waals surface area (Å²) >= 11 is 5.07. The topological polar surface area (TPSA) is 42.4 Å². The van der Waals surface area contributed by atoms with E-state index in [-0.39, 0.29) is 0 Å². The van der Waals surface area contributed by atoms with E-state index in [1.54, 1.807) is 18.3 Å². The van der Waals surface area contributed by atoms with Crippen LogP contribution in [0.25, 0.3) is 0 Å². The molecule has 3 nitrogen and oxygen atoms in total. The summed E-state index contributed by atoms with van der Waals surface area (Å²) in [7, 11) is 0. The molecule has 0 saturated carbocycles. The van der Waals surface area contributed by atoms with Crippen molar-refractivity contribution in [3.05, 3.63) is 44.3 Å². The van der Waals surface area contributed by atoms with Crippen LogP contribution in [0.5, 0.6) is 5.75 Å². The van der Waals surface area contributed by atoms with Crippen molar-refractivity contribution in [2.24, 2.45) is 0 Å². The van der Waals surface area contributed by atoms with Crippen molar-refractivity contribution in [2.75, 3.05) is 6.61 Å². The number of aromatic nitrogens is 1. The lowest BCUT2D eigenvalue weighted by Gasteiger charge is -2.13. The monoisotopic (exact) mass is 341 g/mol. The van der Waals surface area contributed by atoms with Gasteiger partial charge in [0, 0.05) is 21.3 Å². The van der Waals surface area contributed by atoms with E-state index >= 15 is 0 Å². The predicted octanol–water partition coefficient (Wildman–Crippen LogP) is 3.89. The maximum absolute atomic E-state index is 9.72. The second-order valence-corrected chi connectivity index (χ2v) is 6.17. The number of aryl methyl sites for hydroxylation is 1. The quantitative estimate of drug-likeness (QED) is 0.896. The summed E-state index contributed by atoms with van der Waals surface area (Å²) in [4.78, 5) is 5.46. The Morgan fingerprint density at radius 2 is 2.26 bits per heavy atom. The van der Waals surface area contributed by atoms with E-state index in [4.69, 9.17) is 4.74 Å². The summed E-state index contributed by atoms with van der Waals surface area (Å²) in [5, 5.41) is 9.72. The Labute approximate surface area is 125 Å². The van der Waals surface area contributed by atoms with Crippen LogP contribution in [0.3, 0.4) is 0 Å². The third kappa shape index (κ3) is 3.78. The molecule has 0 spiro atoms. The number of thiazole rings is 1. The Hall–Kier alpha value is -0.910. The molecule has 0 aliphatic carbocycles. The maximum atomic E-state index is 9.72. The summed E-state index contributed by atoms with van der Waals surface area (Å²) in [5.41, 5.74) is 3.73. The summed E-state index contributed by atoms with van der Waals surface area (Å²) in [5.74, 6) is 0.728. The molecule has 0 radical (unpaired) electrons. The number of hydrogen-bond donors (Lipinski definition) is 1. The molecular formula is C14H16BrNO2S. The number of halogens is 1. The highest BCUT2D eigenvalue weighted by atomic mass is 79.9. The number of hydrogen-bond acceptors (Lipinski definition) is 4. The molecule has 1 N–H and O–H groups in total. The van der Waals surface area contributed by atoms with Crippen molar-refractivity contribution in [3.8, 4) is 5.75 Å². The van der Waals surface area contributed by atoms with Crippen LogP contribution in [0, 0.1) is 6.92 Å². The van der Waals surface area contributed by atoms with Crippen molar-refractivity contribution in [3.63, 3.8) is 0 Å². The van der Waals surface area contributed by atoms with Gasteiger partial charge in [-0.2, -0.15) is 0 Å². The van der Waals surface area contributed by atoms with Crippen LogP contribution in [0.15, 0.2) is 28.2 Å². The van der Waals surface area contributed by atoms with Crippen molar-refractivity contribution >= 4 is 27.3 Å². The van der Waals surface area contributed by atoms with Crippen LogP contribution in [-0.2, 0) is 6.42 Å². The number of nitrogens with zero attached hydrogens (tertiary/aromatic N) is 1. The van der Waals surface area contributed by atoms with Gasteiger partial charge in [-0.1, -0.05) is 22.0 Å². The third-order valence-electron chi connectivity index (χ3n) is 2.86. The van der Waals surface area contributed by atoms with Crippen LogP contribution in [0.2, 0.25) is 0 Å². The van der Waals surface area contributed by atoms with Crippen LogP contribution in [0.4, 0.5) is 0 Å². The Morgan fingerprint density at radius 3 is 2.89 bits per heavy atom. The molecule has 2 aromatic rings. The predicted molar refractivity (Wildman–Crippen MR) is 80.8 cm³/mol. The first kappa shape index (κ1) is 14.5. The number of aliphatic hydroxyl groups is 1. The van der Waals surface area contributed by atoms with Gasteiger partial charge in [-0.25, -0.2) is 4.98 Å². The third-order valence-corrected chi connectivity index (χ3v) is 4.35. The molecule has 2 rings (SSSR count). The molecule has 1 aromatic heterocycles. The van der Waals surface area contributed by atoms with Crippen molar-refractivity contribution in [1.82, 2.24) is 4.98 Å². The van der Waals surface area contributed by atoms with Gasteiger partial charge in [-0.05, 0) is 26.0 Å². The van der Waals surface area contributed by atoms with E-state index in [1.807, 2.05) is 30.6 Å². The molecule has 0 fully saturated rings. The highest BCUT2D eigenvalue weighted by Gasteiger charge is 2.10. The van der Waals surface area contributed by atoms with Gasteiger partial charge < -0.3 is 9.84 Å². The van der Waals surface area contributed by atoms with E-state index in [0.29, 0.717) is 6.61 Å². The average molecular weight is 342 g/mol. The fraction of sp³-hybridized carbons (Fsp3) is 0.357. The second-order valence-electron chi connectivity index (χ2n) is 4.32. The molecule has 1 aromatic carbocycles. The van der Waals surface area contributed by atoms with Gasteiger partial charge in [-0.3, -0.25) is 0 Å². The Bertz CT molecular complexity index is 554. The Morgan fingerprint density at radius 1 is 1.47 bits per heavy atom. The molecule has 1 unspecified atom stereocenters. The molecule has 1 heterocycles. The van der Waals surface area contributed by atoms with Crippen molar-refractivity contribution < 1.29 is 9.84 Å². The number of benzene rings is 1. The van der Waals surface area contributed by atoms with Crippen LogP contribution >= 0.6 is 27.3 Å². The van der Waals surface area contributed by atoms with Crippen LogP contribution in [0.1, 0.15) is 29.2 Å². The molecule has 0 amide bonds. The van der Waals surface area contributed by atoms with Gasteiger partial charge in [-0.15, -0.1) is 11.3 Å². The zero-order valence-electron chi connectivity index (χ0n) is 10.9. The van der Waals surface area contributed by atoms with Crippen molar-refractivity contribution in [1.29, 1.82) is 0 Å². The summed E-state index contributed by atoms with van der Waals surface area (Å²) in [6, 6.07) is 5.67. The molecule has 0 bridgehead atoms. The lowest BCUT2D eigenvalue weighted by molar-refractivity contribution is 0.191. The first-order valence-electron chi connectivity index (χ1n) is 6.07. The molecule has 5 heteroatoms. The standard InChI is InChI=1S/C14H16BrNO2S/c1-9-14(19-8-16-9)5-6-18-13-7-11(15)3-4-12(13)10(2)17/h3-4,7-8,10,17H,5-6H2,1-2H3. The van der Waals surface area contributed by atoms with E-state index in [9.17, 15) is 5.11 Å². The minimum Gasteiger partial charge on any atom is -0.493 e. The molecule has 102 valence electrons. The maximum Gasteiger partial charge on any atom is 0.126 e. The highest BCUT2D eigenvalue weighted by Crippen LogP contribution is 2.28. The Balaban J connectivity index is 2.03. The molecule has 1 atom stereocenters. The minimum absolute atomic E-state index is 0.534. The van der Waals surface area contributed by atoms with E-state index in [2.05, 4.69) is 20.9 Å². The molecule has 0 saturated heterocycles. The minimum atomic E-state index is -0.534. The normalized spacial score (nSPS) is 12.4. The number of ether oxygens (including phenoxy) is 1. The van der Waals surface area contributed by atoms with E-state index in [1.165, 1.54) is 4.88 Å². The van der Waals surface area contributed by atoms with Gasteiger partial charge in [0.1, 0.15) is 5.75 Å². The van der Waals surface area contributed by atoms with Crippen LogP contribution in [-0.4, -0.2) is 16.7 Å². The molecule has 0 aliphatic heterocycles. The molecule has 19 heavy (non-hydrogen) atoms. The summed E-state index contributed by atoms with van der Waals surface area (Å²) in [6.45, 7) is 4.33. The van der Waals surface area contributed by atoms with Gasteiger partial charge in [0.25, 0.3) is 0 Å². The largest absolute Gasteiger partial charge is 0.493 e. The fourth-order valence-electron chi connectivity index (χ4n) is 1.80. The molecular weight excluding hydrogens is 326 g/mol. The number of rotatable bonds is 5. The summed E-state index contributed by atoms with van der Waals surface area (Å²) in [6.07, 6.45) is 0.302. The fourth-order valence-corrected chi connectivity index (χ4v) is 2.90. The first-order chi connectivity index (χ1) is 9.08. The highest BCUT2D eigenvalue weighted by molar-refractivity contribution is 9.10. The Kier molecular flexibility index (Phi) is 4.96. The zero-order valence-corrected chi connectivity index (χ0v) is 13.3. The van der Waals surface area contributed by atoms with Gasteiger partial charge in [0.15, 0.2) is 0 Å². The zero-order chi connectivity index (χ0) is 13.8. The average Bonchev–Trinajstić information content (AvgIpc) is 2.75. The van der Waals surface area contributed by atoms with Crippen molar-refractivity contribution in [2.45, 2.75) is 26.4 Å². The van der Waals surface area contributed by atoms with E-state index < -0.39 is 6.10 Å². The van der Waals surface area contributed by atoms with Gasteiger partial charge in [0.2, 0.25) is 0 Å². The second kappa shape index (κ2) is 6.50. The summed E-state index contributed by atoms with van der Waals surface area (Å²) < 4.78 is 6.74. The van der Waals surface area contributed by atoms with Gasteiger partial charge >= 0.3 is 0 Å². The van der Waals surface area contributed by atoms with Gasteiger partial charge in [0.05, 0.1) is 23.9 Å². The molecule has 0 aliphatic rings. The lowest BCUT2D eigenvalue weighted by atomic mass is 10.1. The lowest BCUT2D eigenvalue weighted by Crippen LogP contribution is -2.04. The van der Waals surface area contributed by atoms with Crippen LogP contribution < -0.4 is 4.74 Å². The smallest absolute Gasteiger partial charge is 0.126 e. The first-order valence-corrected chi connectivity index (χ1v) is 7.74. The number of aliphatic hydroxyl groups excluding tert-OH is 1. The van der Waals surface area contributed by atoms with E-state index in [0.717, 1.165) is 27.9 Å². The SMILES string of the molecule is Cc1ncsc1CCOc1cc(Br)ccc1C(C)O.